The van der Waals surface area contributed by atoms with Crippen LogP contribution in [0.15, 0.2) is 12.1 Å². The fraction of sp³-hybridized carbons (Fsp3) is 0.571. The summed E-state index contributed by atoms with van der Waals surface area (Å²) in [4.78, 5) is 26.9. The van der Waals surface area contributed by atoms with Crippen LogP contribution < -0.4 is 5.73 Å². The lowest BCUT2D eigenvalue weighted by molar-refractivity contribution is 0.0260. The number of primary amides is 1. The second-order valence-corrected chi connectivity index (χ2v) is 6.55. The van der Waals surface area contributed by atoms with Gasteiger partial charge in [-0.05, 0) is 37.8 Å². The molecule has 0 aromatic carbocycles. The average Bonchev–Trinajstić information content (AvgIpc) is 3.08. The summed E-state index contributed by atoms with van der Waals surface area (Å²) in [5.74, 6) is -0.473. The monoisotopic (exact) mass is 294 g/mol. The molecule has 20 heavy (non-hydrogen) atoms. The van der Waals surface area contributed by atoms with Crippen LogP contribution in [0.3, 0.4) is 0 Å². The number of thiophene rings is 1. The predicted octanol–water partition coefficient (Wildman–Crippen LogP) is 1.63. The molecule has 0 radical (unpaired) electrons. The van der Waals surface area contributed by atoms with Gasteiger partial charge in [-0.25, -0.2) is 0 Å². The Morgan fingerprint density at radius 2 is 2.05 bits per heavy atom. The summed E-state index contributed by atoms with van der Waals surface area (Å²) in [6.45, 7) is 2.12. The van der Waals surface area contributed by atoms with Crippen LogP contribution >= 0.6 is 11.3 Å². The molecular weight excluding hydrogens is 276 g/mol. The molecule has 2 fully saturated rings. The summed E-state index contributed by atoms with van der Waals surface area (Å²) in [7, 11) is 0. The molecule has 108 valence electrons. The van der Waals surface area contributed by atoms with E-state index in [0.717, 1.165) is 38.8 Å². The van der Waals surface area contributed by atoms with Crippen LogP contribution in [0, 0.1) is 0 Å². The van der Waals surface area contributed by atoms with Gasteiger partial charge in [0.05, 0.1) is 21.9 Å². The highest BCUT2D eigenvalue weighted by molar-refractivity contribution is 7.15. The lowest BCUT2D eigenvalue weighted by Crippen LogP contribution is -2.55. The maximum atomic E-state index is 12.7. The molecule has 1 aromatic rings. The van der Waals surface area contributed by atoms with Gasteiger partial charge in [-0.3, -0.25) is 9.59 Å². The Morgan fingerprint density at radius 3 is 2.70 bits per heavy atom. The summed E-state index contributed by atoms with van der Waals surface area (Å²) in [5, 5.41) is 0. The van der Waals surface area contributed by atoms with Gasteiger partial charge in [0.2, 0.25) is 0 Å². The Labute approximate surface area is 121 Å². The molecule has 2 aliphatic rings. The number of rotatable bonds is 2. The molecule has 1 spiro atoms. The van der Waals surface area contributed by atoms with Crippen LogP contribution in [0.25, 0.3) is 0 Å². The number of nitrogens with zero attached hydrogens (tertiary/aromatic N) is 1. The second-order valence-electron chi connectivity index (χ2n) is 5.47. The maximum Gasteiger partial charge on any atom is 0.264 e. The standard InChI is InChI=1S/C14H18N2O3S/c15-12(17)10-3-4-11(20-10)13(18)16-7-2-1-5-14(16)6-8-19-9-14/h3-4H,1-2,5-9H2,(H2,15,17). The van der Waals surface area contributed by atoms with Crippen LogP contribution in [0.4, 0.5) is 0 Å². The quantitative estimate of drug-likeness (QED) is 0.901. The Kier molecular flexibility index (Phi) is 3.52. The van der Waals surface area contributed by atoms with Gasteiger partial charge in [0, 0.05) is 13.2 Å². The van der Waals surface area contributed by atoms with Crippen LogP contribution in [0.2, 0.25) is 0 Å². The Balaban J connectivity index is 1.85. The van der Waals surface area contributed by atoms with E-state index in [1.54, 1.807) is 12.1 Å². The largest absolute Gasteiger partial charge is 0.379 e. The third-order valence-electron chi connectivity index (χ3n) is 4.23. The molecule has 0 aliphatic carbocycles. The summed E-state index contributed by atoms with van der Waals surface area (Å²) in [6, 6.07) is 3.33. The Bertz CT molecular complexity index is 534. The third-order valence-corrected chi connectivity index (χ3v) is 5.32. The molecule has 3 heterocycles. The van der Waals surface area contributed by atoms with Gasteiger partial charge in [0.25, 0.3) is 11.8 Å². The predicted molar refractivity (Wildman–Crippen MR) is 75.9 cm³/mol. The van der Waals surface area contributed by atoms with Crippen LogP contribution in [0.5, 0.6) is 0 Å². The number of amides is 2. The summed E-state index contributed by atoms with van der Waals surface area (Å²) in [6.07, 6.45) is 4.09. The Hall–Kier alpha value is -1.40. The van der Waals surface area contributed by atoms with Crippen molar-refractivity contribution in [3.8, 4) is 0 Å². The maximum absolute atomic E-state index is 12.7. The van der Waals surface area contributed by atoms with Crippen molar-refractivity contribution in [2.45, 2.75) is 31.2 Å². The summed E-state index contributed by atoms with van der Waals surface area (Å²) in [5.41, 5.74) is 5.12. The first kappa shape index (κ1) is 13.6. The van der Waals surface area contributed by atoms with Crippen molar-refractivity contribution in [1.82, 2.24) is 4.90 Å². The van der Waals surface area contributed by atoms with Gasteiger partial charge in [-0.2, -0.15) is 0 Å². The van der Waals surface area contributed by atoms with E-state index in [0.29, 0.717) is 16.4 Å². The molecule has 2 aliphatic heterocycles. The SMILES string of the molecule is NC(=O)c1ccc(C(=O)N2CCCCC23CCOC3)s1. The van der Waals surface area contributed by atoms with Crippen molar-refractivity contribution in [3.63, 3.8) is 0 Å². The number of hydrogen-bond acceptors (Lipinski definition) is 4. The minimum atomic E-state index is -0.480. The number of carbonyl (C=O) groups excluding carboxylic acids is 2. The van der Waals surface area contributed by atoms with Gasteiger partial charge in [-0.15, -0.1) is 11.3 Å². The topological polar surface area (TPSA) is 72.6 Å². The smallest absolute Gasteiger partial charge is 0.264 e. The first-order valence-electron chi connectivity index (χ1n) is 6.92. The van der Waals surface area contributed by atoms with E-state index >= 15 is 0 Å². The number of carbonyl (C=O) groups is 2. The van der Waals surface area contributed by atoms with Crippen molar-refractivity contribution in [3.05, 3.63) is 21.9 Å². The second kappa shape index (κ2) is 5.18. The van der Waals surface area contributed by atoms with Crippen molar-refractivity contribution in [2.75, 3.05) is 19.8 Å². The highest BCUT2D eigenvalue weighted by Gasteiger charge is 2.44. The highest BCUT2D eigenvalue weighted by Crippen LogP contribution is 2.37. The van der Waals surface area contributed by atoms with E-state index in [2.05, 4.69) is 0 Å². The van der Waals surface area contributed by atoms with E-state index in [4.69, 9.17) is 10.5 Å². The molecule has 0 saturated carbocycles. The molecule has 2 saturated heterocycles. The molecular formula is C14H18N2O3S. The van der Waals surface area contributed by atoms with Gasteiger partial charge < -0.3 is 15.4 Å². The molecule has 1 aromatic heterocycles. The van der Waals surface area contributed by atoms with E-state index in [9.17, 15) is 9.59 Å². The molecule has 2 amide bonds. The van der Waals surface area contributed by atoms with E-state index in [1.165, 1.54) is 11.3 Å². The lowest BCUT2D eigenvalue weighted by atomic mass is 9.85. The van der Waals surface area contributed by atoms with Gasteiger partial charge in [0.15, 0.2) is 0 Å². The average molecular weight is 294 g/mol. The highest BCUT2D eigenvalue weighted by atomic mass is 32.1. The minimum Gasteiger partial charge on any atom is -0.379 e. The number of nitrogens with two attached hydrogens (primary N) is 1. The minimum absolute atomic E-state index is 0.00713. The molecule has 2 N–H and O–H groups in total. The molecule has 1 unspecified atom stereocenters. The third kappa shape index (κ3) is 2.23. The van der Waals surface area contributed by atoms with Gasteiger partial charge in [0.1, 0.15) is 0 Å². The zero-order valence-corrected chi connectivity index (χ0v) is 12.1. The fourth-order valence-corrected chi connectivity index (χ4v) is 3.95. The number of piperidine rings is 1. The van der Waals surface area contributed by atoms with Crippen molar-refractivity contribution in [1.29, 1.82) is 0 Å². The van der Waals surface area contributed by atoms with Gasteiger partial charge >= 0.3 is 0 Å². The summed E-state index contributed by atoms with van der Waals surface area (Å²) < 4.78 is 5.53. The first-order valence-corrected chi connectivity index (χ1v) is 7.73. The lowest BCUT2D eigenvalue weighted by Gasteiger charge is -2.43. The number of likely N-dealkylation sites (tertiary alicyclic amines) is 1. The molecule has 6 heteroatoms. The summed E-state index contributed by atoms with van der Waals surface area (Å²) >= 11 is 1.18. The zero-order chi connectivity index (χ0) is 14.2. The number of ether oxygens (including phenoxy) is 1. The van der Waals surface area contributed by atoms with Gasteiger partial charge in [-0.1, -0.05) is 0 Å². The van der Waals surface area contributed by atoms with E-state index in [1.807, 2.05) is 4.90 Å². The molecule has 5 nitrogen and oxygen atoms in total. The normalized spacial score (nSPS) is 26.1. The van der Waals surface area contributed by atoms with Crippen molar-refractivity contribution < 1.29 is 14.3 Å². The fourth-order valence-electron chi connectivity index (χ4n) is 3.14. The van der Waals surface area contributed by atoms with Crippen LogP contribution in [-0.2, 0) is 4.74 Å². The number of hydrogen-bond donors (Lipinski definition) is 1. The van der Waals surface area contributed by atoms with Crippen molar-refractivity contribution in [2.24, 2.45) is 5.73 Å². The molecule has 3 rings (SSSR count). The van der Waals surface area contributed by atoms with Crippen LogP contribution in [0.1, 0.15) is 45.0 Å². The Morgan fingerprint density at radius 1 is 1.25 bits per heavy atom. The van der Waals surface area contributed by atoms with E-state index < -0.39 is 5.91 Å². The first-order chi connectivity index (χ1) is 9.62. The zero-order valence-electron chi connectivity index (χ0n) is 11.3. The molecule has 1 atom stereocenters. The van der Waals surface area contributed by atoms with Crippen LogP contribution in [-0.4, -0.2) is 42.0 Å². The van der Waals surface area contributed by atoms with E-state index in [-0.39, 0.29) is 11.4 Å². The molecule has 0 bridgehead atoms. The van der Waals surface area contributed by atoms with Crippen molar-refractivity contribution >= 4 is 23.2 Å².